The van der Waals surface area contributed by atoms with Crippen molar-refractivity contribution >= 4 is 73.3 Å². The standard InChI is InChI=1S/C21H17Cl2IN2O/c22-13-1-7-20-18(9-13)19-10-14(23)2-8-21(19)26(20)12-17(27)11-25-16-5-3-15(24)4-6-16/h1-10,17,25,27H,11-12H2. The number of hydrogen-bond donors (Lipinski definition) is 2. The Morgan fingerprint density at radius 1 is 0.889 bits per heavy atom. The summed E-state index contributed by atoms with van der Waals surface area (Å²) in [6.07, 6.45) is -0.547. The van der Waals surface area contributed by atoms with Gasteiger partial charge in [-0.3, -0.25) is 0 Å². The molecule has 1 atom stereocenters. The fourth-order valence-electron chi connectivity index (χ4n) is 3.32. The normalized spacial score (nSPS) is 12.6. The molecule has 3 aromatic carbocycles. The van der Waals surface area contributed by atoms with E-state index >= 15 is 0 Å². The molecule has 3 nitrogen and oxygen atoms in total. The quantitative estimate of drug-likeness (QED) is 0.314. The van der Waals surface area contributed by atoms with Gasteiger partial charge >= 0.3 is 0 Å². The van der Waals surface area contributed by atoms with E-state index in [2.05, 4.69) is 32.5 Å². The second-order valence-corrected chi connectivity index (χ2v) is 8.59. The van der Waals surface area contributed by atoms with Gasteiger partial charge in [0.05, 0.1) is 12.6 Å². The van der Waals surface area contributed by atoms with Crippen molar-refractivity contribution in [2.75, 3.05) is 11.9 Å². The molecule has 2 N–H and O–H groups in total. The maximum absolute atomic E-state index is 10.6. The van der Waals surface area contributed by atoms with E-state index < -0.39 is 6.10 Å². The summed E-state index contributed by atoms with van der Waals surface area (Å²) in [5.41, 5.74) is 3.06. The average Bonchev–Trinajstić information content (AvgIpc) is 2.94. The lowest BCUT2D eigenvalue weighted by atomic mass is 10.1. The summed E-state index contributed by atoms with van der Waals surface area (Å²) in [6.45, 7) is 0.934. The van der Waals surface area contributed by atoms with E-state index in [1.54, 1.807) is 0 Å². The number of benzene rings is 3. The Kier molecular flexibility index (Phi) is 5.50. The van der Waals surface area contributed by atoms with Gasteiger partial charge in [0.2, 0.25) is 0 Å². The summed E-state index contributed by atoms with van der Waals surface area (Å²) >= 11 is 14.7. The molecule has 0 radical (unpaired) electrons. The highest BCUT2D eigenvalue weighted by Gasteiger charge is 2.14. The van der Waals surface area contributed by atoms with Crippen molar-refractivity contribution in [2.45, 2.75) is 12.6 Å². The van der Waals surface area contributed by atoms with Crippen LogP contribution in [0.5, 0.6) is 0 Å². The third kappa shape index (κ3) is 4.04. The highest BCUT2D eigenvalue weighted by molar-refractivity contribution is 14.1. The SMILES string of the molecule is OC(CNc1ccc(I)cc1)Cn1c2ccc(Cl)cc2c2cc(Cl)ccc21. The maximum Gasteiger partial charge on any atom is 0.0891 e. The van der Waals surface area contributed by atoms with E-state index in [-0.39, 0.29) is 0 Å². The lowest BCUT2D eigenvalue weighted by molar-refractivity contribution is 0.169. The molecule has 0 amide bonds. The number of rotatable bonds is 5. The summed E-state index contributed by atoms with van der Waals surface area (Å²) in [7, 11) is 0. The van der Waals surface area contributed by atoms with Crippen LogP contribution in [0.3, 0.4) is 0 Å². The van der Waals surface area contributed by atoms with Crippen molar-refractivity contribution in [3.05, 3.63) is 74.3 Å². The van der Waals surface area contributed by atoms with Crippen LogP contribution >= 0.6 is 45.8 Å². The molecule has 0 fully saturated rings. The zero-order chi connectivity index (χ0) is 19.0. The molecule has 0 bridgehead atoms. The lowest BCUT2D eigenvalue weighted by Crippen LogP contribution is -2.24. The van der Waals surface area contributed by atoms with E-state index in [4.69, 9.17) is 23.2 Å². The highest BCUT2D eigenvalue weighted by Crippen LogP contribution is 2.33. The molecule has 27 heavy (non-hydrogen) atoms. The minimum atomic E-state index is -0.547. The molecule has 0 aliphatic heterocycles. The van der Waals surface area contributed by atoms with Gasteiger partial charge in [-0.05, 0) is 83.3 Å². The Hall–Kier alpha value is -1.47. The molecule has 4 aromatic rings. The van der Waals surface area contributed by atoms with Gasteiger partial charge in [0, 0.05) is 47.7 Å². The van der Waals surface area contributed by atoms with Crippen LogP contribution in [-0.2, 0) is 6.54 Å². The smallest absolute Gasteiger partial charge is 0.0891 e. The van der Waals surface area contributed by atoms with E-state index in [1.807, 2.05) is 60.7 Å². The molecular weight excluding hydrogens is 494 g/mol. The molecule has 138 valence electrons. The summed E-state index contributed by atoms with van der Waals surface area (Å²) in [5, 5.41) is 17.4. The minimum Gasteiger partial charge on any atom is -0.389 e. The van der Waals surface area contributed by atoms with Gasteiger partial charge in [-0.1, -0.05) is 23.2 Å². The van der Waals surface area contributed by atoms with Gasteiger partial charge in [-0.15, -0.1) is 0 Å². The van der Waals surface area contributed by atoms with Crippen molar-refractivity contribution in [3.63, 3.8) is 0 Å². The first kappa shape index (κ1) is 18.9. The fraction of sp³-hybridized carbons (Fsp3) is 0.143. The van der Waals surface area contributed by atoms with E-state index in [0.717, 1.165) is 27.5 Å². The summed E-state index contributed by atoms with van der Waals surface area (Å²) in [4.78, 5) is 0. The van der Waals surface area contributed by atoms with Crippen LogP contribution in [-0.4, -0.2) is 22.3 Å². The monoisotopic (exact) mass is 510 g/mol. The number of aliphatic hydroxyl groups is 1. The van der Waals surface area contributed by atoms with Crippen molar-refractivity contribution in [1.82, 2.24) is 4.57 Å². The molecule has 1 heterocycles. The third-order valence-electron chi connectivity index (χ3n) is 4.57. The fourth-order valence-corrected chi connectivity index (χ4v) is 4.03. The van der Waals surface area contributed by atoms with Crippen LogP contribution < -0.4 is 5.32 Å². The second-order valence-electron chi connectivity index (χ2n) is 6.48. The van der Waals surface area contributed by atoms with Gasteiger partial charge in [0.25, 0.3) is 0 Å². The number of hydrogen-bond acceptors (Lipinski definition) is 2. The average molecular weight is 511 g/mol. The molecule has 4 rings (SSSR count). The van der Waals surface area contributed by atoms with Gasteiger partial charge in [-0.25, -0.2) is 0 Å². The maximum atomic E-state index is 10.6. The zero-order valence-corrected chi connectivity index (χ0v) is 18.0. The summed E-state index contributed by atoms with van der Waals surface area (Å²) < 4.78 is 3.30. The predicted molar refractivity (Wildman–Crippen MR) is 123 cm³/mol. The minimum absolute atomic E-state index is 0.461. The van der Waals surface area contributed by atoms with Gasteiger partial charge in [-0.2, -0.15) is 0 Å². The number of aromatic nitrogens is 1. The zero-order valence-electron chi connectivity index (χ0n) is 14.3. The molecule has 0 saturated heterocycles. The van der Waals surface area contributed by atoms with Crippen molar-refractivity contribution in [2.24, 2.45) is 0 Å². The van der Waals surface area contributed by atoms with Gasteiger partial charge < -0.3 is 15.0 Å². The van der Waals surface area contributed by atoms with E-state index in [1.165, 1.54) is 3.57 Å². The number of anilines is 1. The molecule has 0 saturated carbocycles. The number of nitrogens with zero attached hydrogens (tertiary/aromatic N) is 1. The number of halogens is 3. The van der Waals surface area contributed by atoms with Crippen LogP contribution in [0.4, 0.5) is 5.69 Å². The van der Waals surface area contributed by atoms with Crippen LogP contribution in [0.2, 0.25) is 10.0 Å². The Morgan fingerprint density at radius 2 is 1.44 bits per heavy atom. The molecule has 0 spiro atoms. The second kappa shape index (κ2) is 7.87. The molecule has 1 unspecified atom stereocenters. The van der Waals surface area contributed by atoms with E-state index in [9.17, 15) is 5.11 Å². The third-order valence-corrected chi connectivity index (χ3v) is 5.76. The number of nitrogens with one attached hydrogen (secondary N) is 1. The first-order chi connectivity index (χ1) is 13.0. The van der Waals surface area contributed by atoms with Gasteiger partial charge in [0.15, 0.2) is 0 Å². The summed E-state index contributed by atoms with van der Waals surface area (Å²) in [6, 6.07) is 19.7. The van der Waals surface area contributed by atoms with Crippen LogP contribution in [0.1, 0.15) is 0 Å². The largest absolute Gasteiger partial charge is 0.389 e. The topological polar surface area (TPSA) is 37.2 Å². The number of fused-ring (bicyclic) bond motifs is 3. The summed E-state index contributed by atoms with van der Waals surface area (Å²) in [5.74, 6) is 0. The van der Waals surface area contributed by atoms with Gasteiger partial charge in [0.1, 0.15) is 0 Å². The predicted octanol–water partition coefficient (Wildman–Crippen LogP) is 6.18. The lowest BCUT2D eigenvalue weighted by Gasteiger charge is -2.15. The van der Waals surface area contributed by atoms with E-state index in [0.29, 0.717) is 23.1 Å². The van der Waals surface area contributed by atoms with Crippen molar-refractivity contribution in [3.8, 4) is 0 Å². The molecule has 0 aliphatic rings. The Morgan fingerprint density at radius 3 is 2.00 bits per heavy atom. The first-order valence-electron chi connectivity index (χ1n) is 8.56. The molecule has 0 aliphatic carbocycles. The number of aliphatic hydroxyl groups excluding tert-OH is 1. The highest BCUT2D eigenvalue weighted by atomic mass is 127. The molecule has 6 heteroatoms. The van der Waals surface area contributed by atoms with Crippen LogP contribution in [0.15, 0.2) is 60.7 Å². The Labute approximate surface area is 181 Å². The van der Waals surface area contributed by atoms with Crippen LogP contribution in [0.25, 0.3) is 21.8 Å². The van der Waals surface area contributed by atoms with Crippen LogP contribution in [0, 0.1) is 3.57 Å². The first-order valence-corrected chi connectivity index (χ1v) is 10.4. The Balaban J connectivity index is 1.63. The van der Waals surface area contributed by atoms with Crippen molar-refractivity contribution < 1.29 is 5.11 Å². The van der Waals surface area contributed by atoms with Crippen molar-refractivity contribution in [1.29, 1.82) is 0 Å². The molecular formula is C21H17Cl2IN2O. The Bertz CT molecular complexity index is 1050. The molecule has 1 aromatic heterocycles.